The van der Waals surface area contributed by atoms with Crippen LogP contribution in [0.4, 0.5) is 20.1 Å². The van der Waals surface area contributed by atoms with Crippen LogP contribution in [0.15, 0.2) is 48.5 Å². The van der Waals surface area contributed by atoms with E-state index in [-0.39, 0.29) is 90.4 Å². The zero-order valence-corrected chi connectivity index (χ0v) is 38.0. The van der Waals surface area contributed by atoms with Crippen molar-refractivity contribution < 1.29 is 52.6 Å². The number of carbonyl (C=O) groups is 8. The van der Waals surface area contributed by atoms with Gasteiger partial charge >= 0.3 is 18.3 Å². The van der Waals surface area contributed by atoms with Crippen LogP contribution in [-0.4, -0.2) is 105 Å². The molecule has 0 spiro atoms. The second kappa shape index (κ2) is 31.0. The van der Waals surface area contributed by atoms with Gasteiger partial charge in [0.1, 0.15) is 18.1 Å². The molecular formula is C49H60N8O11. The van der Waals surface area contributed by atoms with Crippen LogP contribution in [0.25, 0.3) is 12.2 Å². The van der Waals surface area contributed by atoms with Gasteiger partial charge in [-0.2, -0.15) is 0 Å². The third kappa shape index (κ3) is 20.5. The van der Waals surface area contributed by atoms with E-state index in [1.54, 1.807) is 4.90 Å². The highest BCUT2D eigenvalue weighted by Crippen LogP contribution is 2.29. The topological polar surface area (TPSA) is 266 Å². The fraction of sp³-hybridized carbons (Fsp3) is 0.429. The van der Waals surface area contributed by atoms with Crippen molar-refractivity contribution in [2.75, 3.05) is 44.4 Å². The van der Waals surface area contributed by atoms with Crippen LogP contribution < -0.4 is 42.5 Å². The first kappa shape index (κ1) is 54.4. The Kier molecular flexibility index (Phi) is 24.8. The highest BCUT2D eigenvalue weighted by molar-refractivity contribution is 5.99. The molecule has 0 fully saturated rings. The number of amides is 8. The Bertz CT molecular complexity index is 2210. The number of nitrogens with zero attached hydrogens (tertiary/aromatic N) is 1. The van der Waals surface area contributed by atoms with E-state index in [9.17, 15) is 38.4 Å². The number of primary amides is 1. The SMILES string of the molecule is C#CCOC(=O)NCCCC[C@H](NC(=O)[C@H](CCCCNC(=O)OCC#C)NC(=O)[C@H](CCCCNC(=O)OCC#C)NC(=O)CCC(=O)N1Cc2ccccc2/C=C\c2ccccc21)C(N)=O. The van der Waals surface area contributed by atoms with Gasteiger partial charge in [-0.3, -0.25) is 24.0 Å². The van der Waals surface area contributed by atoms with Gasteiger partial charge in [0.2, 0.25) is 29.5 Å². The molecule has 19 heteroatoms. The molecule has 2 aromatic carbocycles. The summed E-state index contributed by atoms with van der Waals surface area (Å²) in [5, 5.41) is 15.7. The molecule has 0 bridgehead atoms. The van der Waals surface area contributed by atoms with E-state index in [1.165, 1.54) is 0 Å². The number of hydrogen-bond acceptors (Lipinski definition) is 11. The Morgan fingerprint density at radius 2 is 1.01 bits per heavy atom. The number of alkyl carbamates (subject to hydrolysis) is 3. The minimum absolute atomic E-state index is 0.0301. The summed E-state index contributed by atoms with van der Waals surface area (Å²) in [6.07, 6.45) is 18.9. The summed E-state index contributed by atoms with van der Waals surface area (Å²) in [7, 11) is 0. The molecule has 2 aromatic rings. The second-order valence-corrected chi connectivity index (χ2v) is 15.3. The number of benzene rings is 2. The molecule has 0 aliphatic carbocycles. The minimum Gasteiger partial charge on any atom is -0.436 e. The normalized spacial score (nSPS) is 12.9. The number of unbranched alkanes of at least 4 members (excludes halogenated alkanes) is 3. The lowest BCUT2D eigenvalue weighted by atomic mass is 10.0. The van der Waals surface area contributed by atoms with Crippen LogP contribution in [0.2, 0.25) is 0 Å². The molecule has 1 aliphatic heterocycles. The number of anilines is 1. The van der Waals surface area contributed by atoms with Crippen LogP contribution >= 0.6 is 0 Å². The Balaban J connectivity index is 1.76. The molecule has 68 heavy (non-hydrogen) atoms. The summed E-state index contributed by atoms with van der Waals surface area (Å²) in [4.78, 5) is 105. The maximum Gasteiger partial charge on any atom is 0.408 e. The van der Waals surface area contributed by atoms with Gasteiger partial charge in [0.25, 0.3) is 0 Å². The molecule has 8 amide bonds. The van der Waals surface area contributed by atoms with Crippen LogP contribution in [0.5, 0.6) is 0 Å². The average molecular weight is 937 g/mol. The van der Waals surface area contributed by atoms with E-state index in [4.69, 9.17) is 39.2 Å². The second-order valence-electron chi connectivity index (χ2n) is 15.3. The predicted molar refractivity (Wildman–Crippen MR) is 253 cm³/mol. The largest absolute Gasteiger partial charge is 0.436 e. The number of ether oxygens (including phenoxy) is 3. The Morgan fingerprint density at radius 3 is 1.53 bits per heavy atom. The number of carbonyl (C=O) groups excluding carboxylic acids is 8. The van der Waals surface area contributed by atoms with Gasteiger partial charge in [-0.15, -0.1) is 19.3 Å². The third-order valence-corrected chi connectivity index (χ3v) is 10.3. The zero-order valence-electron chi connectivity index (χ0n) is 38.0. The standard InChI is InChI=1S/C49H60N8O11/c1-4-31-66-47(63)51-28-14-11-20-38(44(50)60)55-46(62)40(22-13-16-30-53-49(65)68-33-6-3)56-45(61)39(21-12-15-29-52-48(64)67-32-5-2)54-42(58)26-27-43(59)57-34-37-19-8-7-17-35(37)24-25-36-18-9-10-23-41(36)57/h1-3,7-10,17-19,23-25,38-40H,11-16,20-22,26-34H2,(H2,50,60)(H,51,63)(H,52,64)(H,53,65)(H,54,58)(H,55,62)(H,56,61)/b25-24-/t38-,39-,40-/m0/s1. The van der Waals surface area contributed by atoms with E-state index in [1.807, 2.05) is 60.7 Å². The van der Waals surface area contributed by atoms with Gasteiger partial charge in [0.15, 0.2) is 19.8 Å². The van der Waals surface area contributed by atoms with E-state index in [0.717, 1.165) is 16.7 Å². The monoisotopic (exact) mass is 936 g/mol. The van der Waals surface area contributed by atoms with Gasteiger partial charge < -0.3 is 56.7 Å². The van der Waals surface area contributed by atoms with Crippen LogP contribution in [0.3, 0.4) is 0 Å². The van der Waals surface area contributed by atoms with Crippen molar-refractivity contribution in [1.82, 2.24) is 31.9 Å². The van der Waals surface area contributed by atoms with E-state index < -0.39 is 60.0 Å². The minimum atomic E-state index is -1.25. The first-order chi connectivity index (χ1) is 32.9. The van der Waals surface area contributed by atoms with Crippen molar-refractivity contribution >= 4 is 65.7 Å². The molecular weight excluding hydrogens is 877 g/mol. The molecule has 0 radical (unpaired) electrons. The number of hydrogen-bond donors (Lipinski definition) is 7. The summed E-state index contributed by atoms with van der Waals surface area (Å²) in [5.41, 5.74) is 9.02. The molecule has 8 N–H and O–H groups in total. The zero-order chi connectivity index (χ0) is 49.5. The average Bonchev–Trinajstić information content (AvgIpc) is 3.32. The predicted octanol–water partition coefficient (Wildman–Crippen LogP) is 3.01. The highest BCUT2D eigenvalue weighted by Gasteiger charge is 2.30. The Labute approximate surface area is 396 Å². The molecule has 0 saturated carbocycles. The Hall–Kier alpha value is -7.98. The van der Waals surface area contributed by atoms with Crippen LogP contribution in [0, 0.1) is 37.0 Å². The van der Waals surface area contributed by atoms with Crippen LogP contribution in [-0.2, 0) is 44.7 Å². The van der Waals surface area contributed by atoms with Crippen molar-refractivity contribution in [1.29, 1.82) is 0 Å². The molecule has 3 atom stereocenters. The molecule has 19 nitrogen and oxygen atoms in total. The molecule has 1 heterocycles. The number of rotatable bonds is 27. The maximum atomic E-state index is 14.1. The third-order valence-electron chi connectivity index (χ3n) is 10.3. The van der Waals surface area contributed by atoms with E-state index in [2.05, 4.69) is 49.7 Å². The van der Waals surface area contributed by atoms with Gasteiger partial charge in [0, 0.05) is 32.5 Å². The lowest BCUT2D eigenvalue weighted by Gasteiger charge is -2.27. The van der Waals surface area contributed by atoms with Gasteiger partial charge in [-0.1, -0.05) is 72.4 Å². The summed E-state index contributed by atoms with van der Waals surface area (Å²) in [6, 6.07) is 11.5. The highest BCUT2D eigenvalue weighted by atomic mass is 16.6. The molecule has 1 aliphatic rings. The number of terminal acetylenes is 3. The van der Waals surface area contributed by atoms with Crippen molar-refractivity contribution in [3.8, 4) is 37.0 Å². The summed E-state index contributed by atoms with van der Waals surface area (Å²) in [6.45, 7) is 0.124. The van der Waals surface area contributed by atoms with Crippen LogP contribution in [0.1, 0.15) is 87.3 Å². The number of para-hydroxylation sites is 1. The van der Waals surface area contributed by atoms with Crippen molar-refractivity contribution in [3.63, 3.8) is 0 Å². The number of nitrogens with one attached hydrogen (secondary N) is 6. The summed E-state index contributed by atoms with van der Waals surface area (Å²) in [5.74, 6) is 3.32. The van der Waals surface area contributed by atoms with E-state index >= 15 is 0 Å². The smallest absolute Gasteiger partial charge is 0.408 e. The maximum absolute atomic E-state index is 14.1. The summed E-state index contributed by atoms with van der Waals surface area (Å²) < 4.78 is 14.4. The molecule has 0 unspecified atom stereocenters. The lowest BCUT2D eigenvalue weighted by molar-refractivity contribution is -0.133. The molecule has 0 saturated heterocycles. The van der Waals surface area contributed by atoms with Gasteiger partial charge in [-0.25, -0.2) is 14.4 Å². The van der Waals surface area contributed by atoms with Gasteiger partial charge in [0.05, 0.1) is 12.2 Å². The van der Waals surface area contributed by atoms with E-state index in [0.29, 0.717) is 37.8 Å². The van der Waals surface area contributed by atoms with Gasteiger partial charge in [-0.05, 0) is 80.5 Å². The van der Waals surface area contributed by atoms with Crippen molar-refractivity contribution in [2.24, 2.45) is 5.73 Å². The van der Waals surface area contributed by atoms with Crippen molar-refractivity contribution in [3.05, 3.63) is 65.2 Å². The first-order valence-electron chi connectivity index (χ1n) is 22.2. The fourth-order valence-electron chi connectivity index (χ4n) is 6.83. The Morgan fingerprint density at radius 1 is 0.574 bits per heavy atom. The molecule has 3 rings (SSSR count). The number of nitrogens with two attached hydrogens (primary N) is 1. The quantitative estimate of drug-likeness (QED) is 0.0389. The molecule has 0 aromatic heterocycles. The summed E-state index contributed by atoms with van der Waals surface area (Å²) >= 11 is 0. The van der Waals surface area contributed by atoms with Crippen molar-refractivity contribution in [2.45, 2.75) is 95.3 Å². The number of fused-ring (bicyclic) bond motifs is 2. The lowest BCUT2D eigenvalue weighted by Crippen LogP contribution is -2.56. The first-order valence-corrected chi connectivity index (χ1v) is 22.2. The fourth-order valence-corrected chi connectivity index (χ4v) is 6.83. The molecule has 362 valence electrons.